The van der Waals surface area contributed by atoms with Crippen molar-refractivity contribution in [3.05, 3.63) is 0 Å². The summed E-state index contributed by atoms with van der Waals surface area (Å²) in [5, 5.41) is 9.42. The van der Waals surface area contributed by atoms with Crippen LogP contribution >= 0.6 is 0 Å². The second-order valence-corrected chi connectivity index (χ2v) is 5.12. The van der Waals surface area contributed by atoms with Gasteiger partial charge in [0.25, 0.3) is 0 Å². The molecule has 0 radical (unpaired) electrons. The highest BCUT2D eigenvalue weighted by atomic mass is 16.6. The molecule has 0 aromatic heterocycles. The smallest absolute Gasteiger partial charge is 0.155 e. The molecule has 2 unspecified atom stereocenters. The largest absolute Gasteiger partial charge is 0.368 e. The van der Waals surface area contributed by atoms with Crippen LogP contribution in [-0.2, 0) is 4.74 Å². The molecule has 0 aromatic carbocycles. The molecule has 1 fully saturated rings. The number of rotatable bonds is 5. The van der Waals surface area contributed by atoms with Crippen LogP contribution in [0.3, 0.4) is 0 Å². The summed E-state index contributed by atoms with van der Waals surface area (Å²) in [5.74, 6) is 0. The summed E-state index contributed by atoms with van der Waals surface area (Å²) < 4.78 is 5.51. The van der Waals surface area contributed by atoms with Gasteiger partial charge in [-0.2, -0.15) is 0 Å². The lowest BCUT2D eigenvalue weighted by atomic mass is 9.83. The van der Waals surface area contributed by atoms with Gasteiger partial charge in [-0.05, 0) is 11.8 Å². The fourth-order valence-electron chi connectivity index (χ4n) is 2.22. The molecule has 0 saturated carbocycles. The minimum atomic E-state index is -0.527. The van der Waals surface area contributed by atoms with E-state index < -0.39 is 6.29 Å². The van der Waals surface area contributed by atoms with Crippen molar-refractivity contribution < 1.29 is 9.84 Å². The SMILES string of the molecule is CCCCCCC1OC(O)CC1(C)C. The van der Waals surface area contributed by atoms with Gasteiger partial charge in [0.05, 0.1) is 6.10 Å². The molecule has 1 saturated heterocycles. The Morgan fingerprint density at radius 3 is 2.50 bits per heavy atom. The molecule has 1 aliphatic rings. The molecule has 84 valence electrons. The molecule has 0 bridgehead atoms. The Morgan fingerprint density at radius 2 is 2.00 bits per heavy atom. The van der Waals surface area contributed by atoms with Gasteiger partial charge < -0.3 is 9.84 Å². The topological polar surface area (TPSA) is 29.5 Å². The first-order chi connectivity index (χ1) is 6.56. The van der Waals surface area contributed by atoms with Gasteiger partial charge in [0.2, 0.25) is 0 Å². The summed E-state index contributed by atoms with van der Waals surface area (Å²) in [6, 6.07) is 0. The predicted octanol–water partition coefficient (Wildman–Crippen LogP) is 3.09. The van der Waals surface area contributed by atoms with Crippen LogP contribution < -0.4 is 0 Å². The molecule has 0 amide bonds. The molecule has 14 heavy (non-hydrogen) atoms. The lowest BCUT2D eigenvalue weighted by Gasteiger charge is -2.24. The number of unbranched alkanes of at least 4 members (excludes halogenated alkanes) is 3. The van der Waals surface area contributed by atoms with Gasteiger partial charge in [-0.25, -0.2) is 0 Å². The fourth-order valence-corrected chi connectivity index (χ4v) is 2.22. The molecule has 1 aliphatic heterocycles. The van der Waals surface area contributed by atoms with E-state index in [1.807, 2.05) is 0 Å². The van der Waals surface area contributed by atoms with Gasteiger partial charge in [-0.15, -0.1) is 0 Å². The van der Waals surface area contributed by atoms with Gasteiger partial charge in [-0.1, -0.05) is 46.5 Å². The first-order valence-electron chi connectivity index (χ1n) is 5.90. The Kier molecular flexibility index (Phi) is 4.39. The molecule has 2 nitrogen and oxygen atoms in total. The Labute approximate surface area is 87.7 Å². The van der Waals surface area contributed by atoms with Crippen LogP contribution in [-0.4, -0.2) is 17.5 Å². The van der Waals surface area contributed by atoms with E-state index in [1.54, 1.807) is 0 Å². The van der Waals surface area contributed by atoms with Crippen molar-refractivity contribution >= 4 is 0 Å². The minimum Gasteiger partial charge on any atom is -0.368 e. The van der Waals surface area contributed by atoms with Gasteiger partial charge in [-0.3, -0.25) is 0 Å². The Balaban J connectivity index is 2.23. The van der Waals surface area contributed by atoms with E-state index >= 15 is 0 Å². The van der Waals surface area contributed by atoms with E-state index in [9.17, 15) is 5.11 Å². The molecule has 1 N–H and O–H groups in total. The van der Waals surface area contributed by atoms with Gasteiger partial charge >= 0.3 is 0 Å². The molecule has 1 rings (SSSR count). The molecular weight excluding hydrogens is 176 g/mol. The maximum absolute atomic E-state index is 9.42. The second-order valence-electron chi connectivity index (χ2n) is 5.12. The summed E-state index contributed by atoms with van der Waals surface area (Å²) in [6.45, 7) is 6.60. The van der Waals surface area contributed by atoms with E-state index in [1.165, 1.54) is 25.7 Å². The van der Waals surface area contributed by atoms with Crippen LogP contribution in [0, 0.1) is 5.41 Å². The number of hydrogen-bond donors (Lipinski definition) is 1. The quantitative estimate of drug-likeness (QED) is 0.691. The predicted molar refractivity (Wildman–Crippen MR) is 58.0 cm³/mol. The van der Waals surface area contributed by atoms with E-state index in [0.29, 0.717) is 0 Å². The minimum absolute atomic E-state index is 0.158. The Bertz CT molecular complexity index is 166. The van der Waals surface area contributed by atoms with Crippen molar-refractivity contribution in [2.24, 2.45) is 5.41 Å². The zero-order chi connectivity index (χ0) is 10.6. The molecular formula is C12H24O2. The third kappa shape index (κ3) is 3.25. The monoisotopic (exact) mass is 200 g/mol. The zero-order valence-corrected chi connectivity index (χ0v) is 9.75. The highest BCUT2D eigenvalue weighted by Crippen LogP contribution is 2.39. The van der Waals surface area contributed by atoms with E-state index in [0.717, 1.165) is 12.8 Å². The summed E-state index contributed by atoms with van der Waals surface area (Å²) in [7, 11) is 0. The third-order valence-electron chi connectivity index (χ3n) is 3.21. The summed E-state index contributed by atoms with van der Waals surface area (Å²) in [5.41, 5.74) is 0.158. The lowest BCUT2D eigenvalue weighted by molar-refractivity contribution is -0.0968. The summed E-state index contributed by atoms with van der Waals surface area (Å²) in [6.07, 6.45) is 6.73. The number of aliphatic hydroxyl groups is 1. The third-order valence-corrected chi connectivity index (χ3v) is 3.21. The number of ether oxygens (including phenoxy) is 1. The van der Waals surface area contributed by atoms with E-state index in [-0.39, 0.29) is 11.5 Å². The zero-order valence-electron chi connectivity index (χ0n) is 9.75. The van der Waals surface area contributed by atoms with Crippen molar-refractivity contribution in [1.82, 2.24) is 0 Å². The number of aliphatic hydroxyl groups excluding tert-OH is 1. The maximum atomic E-state index is 9.42. The van der Waals surface area contributed by atoms with Crippen molar-refractivity contribution in [3.8, 4) is 0 Å². The summed E-state index contributed by atoms with van der Waals surface area (Å²) >= 11 is 0. The van der Waals surface area contributed by atoms with Crippen molar-refractivity contribution in [1.29, 1.82) is 0 Å². The van der Waals surface area contributed by atoms with Crippen LogP contribution in [0.1, 0.15) is 59.3 Å². The van der Waals surface area contributed by atoms with Crippen molar-refractivity contribution in [3.63, 3.8) is 0 Å². The van der Waals surface area contributed by atoms with Gasteiger partial charge in [0.15, 0.2) is 6.29 Å². The molecule has 0 spiro atoms. The average molecular weight is 200 g/mol. The highest BCUT2D eigenvalue weighted by molar-refractivity contribution is 4.85. The standard InChI is InChI=1S/C12H24O2/c1-4-5-6-7-8-10-12(2,3)9-11(13)14-10/h10-11,13H,4-9H2,1-3H3. The van der Waals surface area contributed by atoms with Gasteiger partial charge in [0, 0.05) is 6.42 Å². The van der Waals surface area contributed by atoms with E-state index in [4.69, 9.17) is 4.74 Å². The lowest BCUT2D eigenvalue weighted by Crippen LogP contribution is -2.24. The molecule has 2 heteroatoms. The molecule has 1 heterocycles. The second kappa shape index (κ2) is 5.13. The van der Waals surface area contributed by atoms with Crippen LogP contribution in [0.15, 0.2) is 0 Å². The summed E-state index contributed by atoms with van der Waals surface area (Å²) in [4.78, 5) is 0. The fraction of sp³-hybridized carbons (Fsp3) is 1.00. The molecule has 0 aliphatic carbocycles. The number of hydrogen-bond acceptors (Lipinski definition) is 2. The van der Waals surface area contributed by atoms with Crippen LogP contribution in [0.2, 0.25) is 0 Å². The van der Waals surface area contributed by atoms with Crippen molar-refractivity contribution in [2.75, 3.05) is 0 Å². The van der Waals surface area contributed by atoms with Crippen LogP contribution in [0.4, 0.5) is 0 Å². The Morgan fingerprint density at radius 1 is 1.29 bits per heavy atom. The van der Waals surface area contributed by atoms with Crippen molar-refractivity contribution in [2.45, 2.75) is 71.7 Å². The highest BCUT2D eigenvalue weighted by Gasteiger charge is 2.40. The average Bonchev–Trinajstić information content (AvgIpc) is 2.33. The molecule has 2 atom stereocenters. The van der Waals surface area contributed by atoms with Gasteiger partial charge in [0.1, 0.15) is 0 Å². The maximum Gasteiger partial charge on any atom is 0.155 e. The Hall–Kier alpha value is -0.0800. The van der Waals surface area contributed by atoms with Crippen LogP contribution in [0.5, 0.6) is 0 Å². The van der Waals surface area contributed by atoms with E-state index in [2.05, 4.69) is 20.8 Å². The first-order valence-corrected chi connectivity index (χ1v) is 5.90. The normalized spacial score (nSPS) is 30.9. The van der Waals surface area contributed by atoms with Crippen LogP contribution in [0.25, 0.3) is 0 Å². The first kappa shape index (κ1) is 12.0. The molecule has 0 aromatic rings.